The van der Waals surface area contributed by atoms with Crippen LogP contribution in [0.3, 0.4) is 0 Å². The van der Waals surface area contributed by atoms with Crippen molar-refractivity contribution in [3.05, 3.63) is 142 Å². The van der Waals surface area contributed by atoms with Crippen LogP contribution in [-0.2, 0) is 13.1 Å². The fraction of sp³-hybridized carbons (Fsp3) is 0.250. The molecule has 4 aromatic rings. The molecule has 0 fully saturated rings. The number of nitrogens with one attached hydrogen (secondary N) is 2. The normalized spacial score (nSPS) is 11.4. The molecule has 0 saturated carbocycles. The molecule has 2 nitrogen and oxygen atoms in total. The lowest BCUT2D eigenvalue weighted by atomic mass is 10.0. The Balaban J connectivity index is 0.000000343. The van der Waals surface area contributed by atoms with Crippen molar-refractivity contribution >= 4 is 0 Å². The molecule has 34 heavy (non-hydrogen) atoms. The Morgan fingerprint density at radius 2 is 1.03 bits per heavy atom. The Morgan fingerprint density at radius 1 is 0.529 bits per heavy atom. The molecule has 0 spiro atoms. The highest BCUT2D eigenvalue weighted by atomic mass is 15.0. The third-order valence-corrected chi connectivity index (χ3v) is 5.74. The van der Waals surface area contributed by atoms with Crippen LogP contribution in [0.4, 0.5) is 0 Å². The van der Waals surface area contributed by atoms with Gasteiger partial charge in [0.15, 0.2) is 0 Å². The highest BCUT2D eigenvalue weighted by Crippen LogP contribution is 2.18. The smallest absolute Gasteiger partial charge is 0.0449 e. The molecule has 0 heterocycles. The second kappa shape index (κ2) is 13.5. The lowest BCUT2D eigenvalue weighted by molar-refractivity contribution is 0.487. The summed E-state index contributed by atoms with van der Waals surface area (Å²) in [4.78, 5) is 0. The molecule has 0 bridgehead atoms. The van der Waals surface area contributed by atoms with Crippen molar-refractivity contribution in [3.63, 3.8) is 0 Å². The van der Waals surface area contributed by atoms with Crippen LogP contribution in [0.5, 0.6) is 0 Å². The maximum absolute atomic E-state index is 3.73. The van der Waals surface area contributed by atoms with Crippen LogP contribution in [0, 0.1) is 27.7 Å². The van der Waals surface area contributed by atoms with Crippen LogP contribution >= 0.6 is 0 Å². The molecule has 0 saturated heterocycles. The van der Waals surface area contributed by atoms with Gasteiger partial charge in [-0.3, -0.25) is 0 Å². The minimum atomic E-state index is 0.275. The number of aryl methyl sites for hydroxylation is 4. The van der Waals surface area contributed by atoms with E-state index in [0.29, 0.717) is 0 Å². The summed E-state index contributed by atoms with van der Waals surface area (Å²) >= 11 is 0. The summed E-state index contributed by atoms with van der Waals surface area (Å²) in [6, 6.07) is 36.7. The summed E-state index contributed by atoms with van der Waals surface area (Å²) in [5, 5.41) is 7.34. The maximum atomic E-state index is 3.73. The van der Waals surface area contributed by atoms with Crippen molar-refractivity contribution in [2.24, 2.45) is 0 Å². The average Bonchev–Trinajstić information content (AvgIpc) is 2.82. The van der Waals surface area contributed by atoms with E-state index in [1.54, 1.807) is 0 Å². The molecular formula is C32H38N2. The fourth-order valence-electron chi connectivity index (χ4n) is 4.12. The van der Waals surface area contributed by atoms with E-state index < -0.39 is 0 Å². The molecule has 0 aromatic heterocycles. The van der Waals surface area contributed by atoms with Crippen molar-refractivity contribution in [1.82, 2.24) is 10.6 Å². The molecule has 4 rings (SSSR count). The third-order valence-electron chi connectivity index (χ3n) is 5.74. The van der Waals surface area contributed by atoms with Crippen LogP contribution in [0.2, 0.25) is 0 Å². The van der Waals surface area contributed by atoms with Crippen LogP contribution in [0.25, 0.3) is 0 Å². The van der Waals surface area contributed by atoms with Gasteiger partial charge >= 0.3 is 0 Å². The minimum absolute atomic E-state index is 0.275. The van der Waals surface area contributed by atoms with E-state index in [4.69, 9.17) is 0 Å². The topological polar surface area (TPSA) is 24.1 Å². The van der Waals surface area contributed by atoms with Gasteiger partial charge in [0.25, 0.3) is 0 Å². The molecule has 0 aliphatic rings. The van der Waals surface area contributed by atoms with Gasteiger partial charge in [0.2, 0.25) is 0 Å². The highest BCUT2D eigenvalue weighted by Gasteiger charge is 2.12. The SMILES string of the molecule is Cc1cc(C)cc([C@H](CNCc2ccccc2)NCc2ccccc2)c1.Cc1cccc(C)c1. The number of benzene rings is 4. The Kier molecular flexibility index (Phi) is 10.1. The maximum Gasteiger partial charge on any atom is 0.0449 e. The summed E-state index contributed by atoms with van der Waals surface area (Å²) in [5.41, 5.74) is 9.28. The number of hydrogen-bond acceptors (Lipinski definition) is 2. The molecule has 176 valence electrons. The molecule has 2 N–H and O–H groups in total. The van der Waals surface area contributed by atoms with Crippen LogP contribution < -0.4 is 10.6 Å². The summed E-state index contributed by atoms with van der Waals surface area (Å²) in [5.74, 6) is 0. The van der Waals surface area contributed by atoms with E-state index in [-0.39, 0.29) is 6.04 Å². The molecule has 1 atom stereocenters. The molecule has 0 unspecified atom stereocenters. The first-order valence-electron chi connectivity index (χ1n) is 12.1. The molecule has 0 aliphatic carbocycles. The zero-order valence-corrected chi connectivity index (χ0v) is 21.0. The molecular weight excluding hydrogens is 412 g/mol. The van der Waals surface area contributed by atoms with Crippen molar-refractivity contribution in [1.29, 1.82) is 0 Å². The average molecular weight is 451 g/mol. The van der Waals surface area contributed by atoms with Gasteiger partial charge in [-0.15, -0.1) is 0 Å². The van der Waals surface area contributed by atoms with Crippen molar-refractivity contribution in [2.45, 2.75) is 46.8 Å². The molecule has 0 aliphatic heterocycles. The molecule has 4 aromatic carbocycles. The fourth-order valence-corrected chi connectivity index (χ4v) is 4.12. The second-order valence-electron chi connectivity index (χ2n) is 9.11. The standard InChI is InChI=1S/C24H28N2.C8H10/c1-19-13-20(2)15-23(14-19)24(26-17-22-11-7-4-8-12-22)18-25-16-21-9-5-3-6-10-21;1-7-4-3-5-8(2)6-7/h3-15,24-26H,16-18H2,1-2H3;3-6H,1-2H3/t24-;/m0./s1. The van der Waals surface area contributed by atoms with Gasteiger partial charge in [-0.2, -0.15) is 0 Å². The second-order valence-corrected chi connectivity index (χ2v) is 9.11. The molecule has 0 radical (unpaired) electrons. The van der Waals surface area contributed by atoms with Gasteiger partial charge in [0, 0.05) is 25.7 Å². The van der Waals surface area contributed by atoms with E-state index in [2.05, 4.69) is 141 Å². The Bertz CT molecular complexity index is 1080. The molecule has 2 heteroatoms. The van der Waals surface area contributed by atoms with Crippen LogP contribution in [0.15, 0.2) is 103 Å². The van der Waals surface area contributed by atoms with E-state index in [9.17, 15) is 0 Å². The van der Waals surface area contributed by atoms with Gasteiger partial charge in [-0.25, -0.2) is 0 Å². The zero-order valence-electron chi connectivity index (χ0n) is 21.0. The lowest BCUT2D eigenvalue weighted by Crippen LogP contribution is -2.31. The summed E-state index contributed by atoms with van der Waals surface area (Å²) < 4.78 is 0. The van der Waals surface area contributed by atoms with Gasteiger partial charge < -0.3 is 10.6 Å². The quantitative estimate of drug-likeness (QED) is 0.296. The van der Waals surface area contributed by atoms with Crippen LogP contribution in [-0.4, -0.2) is 6.54 Å². The van der Waals surface area contributed by atoms with Crippen molar-refractivity contribution in [2.75, 3.05) is 6.54 Å². The lowest BCUT2D eigenvalue weighted by Gasteiger charge is -2.21. The first kappa shape index (κ1) is 25.4. The van der Waals surface area contributed by atoms with Crippen LogP contribution in [0.1, 0.15) is 45.0 Å². The van der Waals surface area contributed by atoms with Gasteiger partial charge in [0.05, 0.1) is 0 Å². The third kappa shape index (κ3) is 8.97. The highest BCUT2D eigenvalue weighted by molar-refractivity contribution is 5.31. The Morgan fingerprint density at radius 3 is 1.53 bits per heavy atom. The van der Waals surface area contributed by atoms with E-state index in [0.717, 1.165) is 19.6 Å². The number of rotatable bonds is 8. The molecule has 0 amide bonds. The first-order valence-corrected chi connectivity index (χ1v) is 12.1. The largest absolute Gasteiger partial charge is 0.311 e. The zero-order chi connectivity index (χ0) is 24.2. The van der Waals surface area contributed by atoms with Crippen molar-refractivity contribution < 1.29 is 0 Å². The predicted molar refractivity (Wildman–Crippen MR) is 146 cm³/mol. The first-order chi connectivity index (χ1) is 16.5. The van der Waals surface area contributed by atoms with E-state index >= 15 is 0 Å². The Labute approximate surface area is 206 Å². The minimum Gasteiger partial charge on any atom is -0.311 e. The summed E-state index contributed by atoms with van der Waals surface area (Å²) in [6.45, 7) is 11.2. The van der Waals surface area contributed by atoms with E-state index in [1.807, 2.05) is 0 Å². The van der Waals surface area contributed by atoms with E-state index in [1.165, 1.54) is 38.9 Å². The summed E-state index contributed by atoms with van der Waals surface area (Å²) in [6.07, 6.45) is 0. The monoisotopic (exact) mass is 450 g/mol. The number of hydrogen-bond donors (Lipinski definition) is 2. The summed E-state index contributed by atoms with van der Waals surface area (Å²) in [7, 11) is 0. The van der Waals surface area contributed by atoms with Gasteiger partial charge in [-0.1, -0.05) is 125 Å². The predicted octanol–water partition coefficient (Wildman–Crippen LogP) is 7.23. The Hall–Kier alpha value is -3.20. The van der Waals surface area contributed by atoms with Gasteiger partial charge in [0.1, 0.15) is 0 Å². The van der Waals surface area contributed by atoms with Gasteiger partial charge in [-0.05, 0) is 44.4 Å². The van der Waals surface area contributed by atoms with Crippen molar-refractivity contribution in [3.8, 4) is 0 Å².